The molecule has 1 aromatic rings. The molecule has 0 atom stereocenters. The van der Waals surface area contributed by atoms with E-state index in [1.807, 2.05) is 45.1 Å². The van der Waals surface area contributed by atoms with Crippen molar-refractivity contribution < 1.29 is 4.42 Å². The van der Waals surface area contributed by atoms with Gasteiger partial charge in [0.25, 0.3) is 0 Å². The summed E-state index contributed by atoms with van der Waals surface area (Å²) in [6.45, 7) is 9.67. The first-order valence-electron chi connectivity index (χ1n) is 4.20. The van der Waals surface area contributed by atoms with E-state index in [0.717, 1.165) is 10.6 Å². The lowest BCUT2D eigenvalue weighted by Gasteiger charge is -1.70. The first kappa shape index (κ1) is 10.8. The van der Waals surface area contributed by atoms with E-state index < -0.39 is 0 Å². The number of hydrogen-bond donors (Lipinski definition) is 0. The fourth-order valence-corrected chi connectivity index (χ4v) is 0.699. The molecule has 0 unspecified atom stereocenters. The van der Waals surface area contributed by atoms with Gasteiger partial charge in [0.15, 0.2) is 0 Å². The fourth-order valence-electron chi connectivity index (χ4n) is 0.699. The Morgan fingerprint density at radius 3 is 2.50 bits per heavy atom. The van der Waals surface area contributed by atoms with Crippen molar-refractivity contribution in [2.24, 2.45) is 0 Å². The molecule has 0 fully saturated rings. The highest BCUT2D eigenvalue weighted by atomic mass is 16.3. The van der Waals surface area contributed by atoms with Gasteiger partial charge < -0.3 is 4.42 Å². The minimum Gasteiger partial charge on any atom is -0.465 e. The zero-order valence-corrected chi connectivity index (χ0v) is 8.00. The van der Waals surface area contributed by atoms with Crippen molar-refractivity contribution in [2.75, 3.05) is 0 Å². The lowest BCUT2D eigenvalue weighted by atomic mass is 10.4. The van der Waals surface area contributed by atoms with Gasteiger partial charge in [-0.3, -0.25) is 0 Å². The van der Waals surface area contributed by atoms with Crippen molar-refractivity contribution in [2.45, 2.75) is 20.8 Å². The maximum Gasteiger partial charge on any atom is 0.126 e. The average Bonchev–Trinajstić information content (AvgIpc) is 2.51. The molecule has 1 heterocycles. The SMILES string of the molecule is C=c1occ/c1=C/C=C\C.CC. The molecule has 0 bridgehead atoms. The lowest BCUT2D eigenvalue weighted by molar-refractivity contribution is 0.533. The first-order chi connectivity index (χ1) is 5.84. The van der Waals surface area contributed by atoms with Gasteiger partial charge in [-0.2, -0.15) is 0 Å². The highest BCUT2D eigenvalue weighted by molar-refractivity contribution is 5.35. The molecule has 0 radical (unpaired) electrons. The van der Waals surface area contributed by atoms with Crippen LogP contribution in [0.1, 0.15) is 20.8 Å². The second-order valence-electron chi connectivity index (χ2n) is 1.99. The summed E-state index contributed by atoms with van der Waals surface area (Å²) in [5, 5.41) is 1.04. The molecule has 1 heteroatoms. The Morgan fingerprint density at radius 1 is 1.42 bits per heavy atom. The molecule has 0 aliphatic carbocycles. The van der Waals surface area contributed by atoms with Crippen LogP contribution in [0.15, 0.2) is 28.9 Å². The Bertz CT molecular complexity index is 317. The molecule has 0 spiro atoms. The largest absolute Gasteiger partial charge is 0.465 e. The van der Waals surface area contributed by atoms with Gasteiger partial charge in [-0.25, -0.2) is 0 Å². The van der Waals surface area contributed by atoms with Gasteiger partial charge in [0, 0.05) is 5.22 Å². The fraction of sp³-hybridized carbons (Fsp3) is 0.273. The average molecular weight is 164 g/mol. The summed E-state index contributed by atoms with van der Waals surface area (Å²) in [4.78, 5) is 0. The van der Waals surface area contributed by atoms with Crippen molar-refractivity contribution in [1.82, 2.24) is 0 Å². The Hall–Kier alpha value is -1.24. The van der Waals surface area contributed by atoms with Gasteiger partial charge in [0.05, 0.1) is 6.26 Å². The van der Waals surface area contributed by atoms with Crippen LogP contribution in [0.25, 0.3) is 12.7 Å². The van der Waals surface area contributed by atoms with Gasteiger partial charge in [-0.15, -0.1) is 0 Å². The molecule has 0 N–H and O–H groups in total. The third-order valence-electron chi connectivity index (χ3n) is 1.25. The summed E-state index contributed by atoms with van der Waals surface area (Å²) >= 11 is 0. The van der Waals surface area contributed by atoms with Crippen LogP contribution in [0.2, 0.25) is 0 Å². The molecule has 1 aromatic heterocycles. The number of hydrogen-bond acceptors (Lipinski definition) is 1. The van der Waals surface area contributed by atoms with Crippen LogP contribution >= 0.6 is 0 Å². The zero-order valence-electron chi connectivity index (χ0n) is 8.00. The summed E-state index contributed by atoms with van der Waals surface area (Å²) in [6, 6.07) is 1.89. The van der Waals surface area contributed by atoms with E-state index in [1.54, 1.807) is 6.26 Å². The van der Waals surface area contributed by atoms with Crippen LogP contribution in [0, 0.1) is 0 Å². The van der Waals surface area contributed by atoms with Crippen LogP contribution in [-0.4, -0.2) is 0 Å². The Kier molecular flexibility index (Phi) is 5.80. The third-order valence-corrected chi connectivity index (χ3v) is 1.25. The third kappa shape index (κ3) is 3.24. The van der Waals surface area contributed by atoms with Gasteiger partial charge >= 0.3 is 0 Å². The van der Waals surface area contributed by atoms with E-state index >= 15 is 0 Å². The molecule has 0 amide bonds. The second-order valence-corrected chi connectivity index (χ2v) is 1.99. The van der Waals surface area contributed by atoms with Crippen LogP contribution in [-0.2, 0) is 0 Å². The number of furan rings is 1. The number of rotatable bonds is 1. The minimum atomic E-state index is 0.720. The molecule has 0 saturated heterocycles. The van der Waals surface area contributed by atoms with Crippen LogP contribution in [0.4, 0.5) is 0 Å². The molecule has 0 saturated carbocycles. The van der Waals surface area contributed by atoms with E-state index in [1.165, 1.54) is 0 Å². The molecule has 0 aliphatic heterocycles. The van der Waals surface area contributed by atoms with Crippen molar-refractivity contribution >= 4 is 12.7 Å². The van der Waals surface area contributed by atoms with E-state index in [2.05, 4.69) is 6.58 Å². The highest BCUT2D eigenvalue weighted by Crippen LogP contribution is 1.72. The van der Waals surface area contributed by atoms with Gasteiger partial charge in [-0.05, 0) is 13.0 Å². The predicted octanol–water partition coefficient (Wildman–Crippen LogP) is 2.07. The summed E-state index contributed by atoms with van der Waals surface area (Å²) < 4.78 is 4.99. The van der Waals surface area contributed by atoms with Crippen LogP contribution in [0.5, 0.6) is 0 Å². The standard InChI is InChI=1S/C9H10O.C2H6/c1-3-4-5-9-6-7-10-8(9)2;1-2/h3-7H,2H2,1H3;1-2H3/b4-3-,9-5-;. The van der Waals surface area contributed by atoms with Gasteiger partial charge in [0.2, 0.25) is 0 Å². The summed E-state index contributed by atoms with van der Waals surface area (Å²) in [6.07, 6.45) is 7.52. The zero-order chi connectivity index (χ0) is 9.40. The quantitative estimate of drug-likeness (QED) is 0.619. The lowest BCUT2D eigenvalue weighted by Crippen LogP contribution is -2.16. The Labute approximate surface area is 73.7 Å². The maximum atomic E-state index is 4.99. The molecule has 1 rings (SSSR count). The van der Waals surface area contributed by atoms with Crippen LogP contribution < -0.4 is 10.6 Å². The van der Waals surface area contributed by atoms with Crippen molar-refractivity contribution in [3.63, 3.8) is 0 Å². The second kappa shape index (κ2) is 6.47. The smallest absolute Gasteiger partial charge is 0.126 e. The molecular weight excluding hydrogens is 148 g/mol. The Balaban J connectivity index is 0.000000561. The van der Waals surface area contributed by atoms with Crippen LogP contribution in [0.3, 0.4) is 0 Å². The van der Waals surface area contributed by atoms with Crippen molar-refractivity contribution in [3.05, 3.63) is 35.1 Å². The predicted molar refractivity (Wildman–Crippen MR) is 54.1 cm³/mol. The molecular formula is C11H16O. The van der Waals surface area contributed by atoms with Crippen molar-refractivity contribution in [1.29, 1.82) is 0 Å². The molecule has 0 aromatic carbocycles. The monoisotopic (exact) mass is 164 g/mol. The normalized spacial score (nSPS) is 11.4. The van der Waals surface area contributed by atoms with E-state index in [9.17, 15) is 0 Å². The molecule has 66 valence electrons. The summed E-state index contributed by atoms with van der Waals surface area (Å²) in [5.74, 6) is 0. The maximum absolute atomic E-state index is 4.99. The topological polar surface area (TPSA) is 13.1 Å². The summed E-state index contributed by atoms with van der Waals surface area (Å²) in [7, 11) is 0. The van der Waals surface area contributed by atoms with E-state index in [0.29, 0.717) is 0 Å². The van der Waals surface area contributed by atoms with E-state index in [4.69, 9.17) is 4.42 Å². The minimum absolute atomic E-state index is 0.720. The molecule has 12 heavy (non-hydrogen) atoms. The molecule has 0 aliphatic rings. The molecule has 1 nitrogen and oxygen atoms in total. The Morgan fingerprint density at radius 2 is 2.08 bits per heavy atom. The highest BCUT2D eigenvalue weighted by Gasteiger charge is 1.79. The number of allylic oxidation sites excluding steroid dienone is 2. The van der Waals surface area contributed by atoms with Gasteiger partial charge in [0.1, 0.15) is 5.42 Å². The van der Waals surface area contributed by atoms with Gasteiger partial charge in [-0.1, -0.05) is 38.7 Å². The van der Waals surface area contributed by atoms with E-state index in [-0.39, 0.29) is 0 Å². The van der Waals surface area contributed by atoms with Crippen molar-refractivity contribution in [3.8, 4) is 0 Å². The first-order valence-corrected chi connectivity index (χ1v) is 4.20. The summed E-state index contributed by atoms with van der Waals surface area (Å²) in [5.41, 5.74) is 0.720.